The smallest absolute Gasteiger partial charge is 0.387 e. The topological polar surface area (TPSA) is 53.2 Å². The van der Waals surface area contributed by atoms with Gasteiger partial charge in [-0.1, -0.05) is 12.1 Å². The molecule has 0 spiro atoms. The SMILES string of the molecule is N#CC1(c2ccc(OC(F)F)cc2)CC1CO. The molecule has 1 aliphatic carbocycles. The standard InChI is InChI=1S/C12H11F2NO2/c13-11(14)17-10-3-1-8(2-4-10)12(7-15)5-9(12)6-16/h1-4,9,11,16H,5-6H2. The zero-order valence-electron chi connectivity index (χ0n) is 8.94. The van der Waals surface area contributed by atoms with Gasteiger partial charge in [0.05, 0.1) is 11.5 Å². The van der Waals surface area contributed by atoms with Gasteiger partial charge in [-0.3, -0.25) is 0 Å². The third-order valence-corrected chi connectivity index (χ3v) is 3.12. The second-order valence-electron chi connectivity index (χ2n) is 4.07. The van der Waals surface area contributed by atoms with E-state index in [1.54, 1.807) is 12.1 Å². The second-order valence-corrected chi connectivity index (χ2v) is 4.07. The third kappa shape index (κ3) is 2.08. The molecule has 0 bridgehead atoms. The maximum absolute atomic E-state index is 11.9. The molecule has 0 radical (unpaired) electrons. The van der Waals surface area contributed by atoms with Crippen LogP contribution in [0, 0.1) is 17.2 Å². The van der Waals surface area contributed by atoms with Gasteiger partial charge in [-0.05, 0) is 24.1 Å². The summed E-state index contributed by atoms with van der Waals surface area (Å²) in [4.78, 5) is 0. The Hall–Kier alpha value is -1.67. The molecule has 2 rings (SSSR count). The highest BCUT2D eigenvalue weighted by Gasteiger charge is 2.55. The third-order valence-electron chi connectivity index (χ3n) is 3.12. The summed E-state index contributed by atoms with van der Waals surface area (Å²) in [7, 11) is 0. The molecule has 1 N–H and O–H groups in total. The van der Waals surface area contributed by atoms with Crippen molar-refractivity contribution in [2.24, 2.45) is 5.92 Å². The summed E-state index contributed by atoms with van der Waals surface area (Å²) in [5.74, 6) is 0.00686. The number of hydrogen-bond donors (Lipinski definition) is 1. The molecule has 3 nitrogen and oxygen atoms in total. The molecule has 2 atom stereocenters. The highest BCUT2D eigenvalue weighted by Crippen LogP contribution is 2.53. The number of alkyl halides is 2. The first-order valence-electron chi connectivity index (χ1n) is 5.20. The van der Waals surface area contributed by atoms with Crippen molar-refractivity contribution in [3.05, 3.63) is 29.8 Å². The fourth-order valence-electron chi connectivity index (χ4n) is 2.04. The molecule has 1 aromatic rings. The molecule has 5 heteroatoms. The quantitative estimate of drug-likeness (QED) is 0.875. The van der Waals surface area contributed by atoms with E-state index in [1.165, 1.54) is 12.1 Å². The zero-order chi connectivity index (χ0) is 12.5. The van der Waals surface area contributed by atoms with Gasteiger partial charge in [0.2, 0.25) is 0 Å². The molecule has 0 aromatic heterocycles. The molecule has 1 aliphatic rings. The van der Waals surface area contributed by atoms with Gasteiger partial charge < -0.3 is 9.84 Å². The molecule has 1 fully saturated rings. The van der Waals surface area contributed by atoms with Gasteiger partial charge in [-0.15, -0.1) is 0 Å². The van der Waals surface area contributed by atoms with Gasteiger partial charge in [0.1, 0.15) is 5.75 Å². The van der Waals surface area contributed by atoms with Gasteiger partial charge in [0.25, 0.3) is 0 Å². The summed E-state index contributed by atoms with van der Waals surface area (Å²) in [5, 5.41) is 18.1. The van der Waals surface area contributed by atoms with E-state index < -0.39 is 12.0 Å². The Morgan fingerprint density at radius 2 is 2.12 bits per heavy atom. The summed E-state index contributed by atoms with van der Waals surface area (Å²) in [6.45, 7) is -2.89. The van der Waals surface area contributed by atoms with Crippen LogP contribution < -0.4 is 4.74 Å². The van der Waals surface area contributed by atoms with E-state index in [-0.39, 0.29) is 18.3 Å². The number of aliphatic hydroxyl groups excluding tert-OH is 1. The summed E-state index contributed by atoms with van der Waals surface area (Å²) < 4.78 is 28.1. The molecule has 0 saturated heterocycles. The maximum Gasteiger partial charge on any atom is 0.387 e. The van der Waals surface area contributed by atoms with Crippen LogP contribution in [0.25, 0.3) is 0 Å². The molecule has 0 heterocycles. The Morgan fingerprint density at radius 3 is 2.53 bits per heavy atom. The van der Waals surface area contributed by atoms with E-state index >= 15 is 0 Å². The van der Waals surface area contributed by atoms with Gasteiger partial charge in [0.15, 0.2) is 0 Å². The van der Waals surface area contributed by atoms with Crippen LogP contribution in [-0.2, 0) is 5.41 Å². The molecular formula is C12H11F2NO2. The molecule has 0 amide bonds. The van der Waals surface area contributed by atoms with Crippen LogP contribution in [0.3, 0.4) is 0 Å². The Balaban J connectivity index is 2.16. The number of benzene rings is 1. The molecule has 17 heavy (non-hydrogen) atoms. The summed E-state index contributed by atoms with van der Waals surface area (Å²) >= 11 is 0. The van der Waals surface area contributed by atoms with Crippen molar-refractivity contribution < 1.29 is 18.6 Å². The lowest BCUT2D eigenvalue weighted by Gasteiger charge is -2.10. The van der Waals surface area contributed by atoms with Crippen LogP contribution >= 0.6 is 0 Å². The molecule has 2 unspecified atom stereocenters. The van der Waals surface area contributed by atoms with E-state index in [0.29, 0.717) is 6.42 Å². The molecule has 1 aromatic carbocycles. The fourth-order valence-corrected chi connectivity index (χ4v) is 2.04. The van der Waals surface area contributed by atoms with E-state index in [4.69, 9.17) is 10.4 Å². The first-order valence-corrected chi connectivity index (χ1v) is 5.20. The number of nitriles is 1. The summed E-state index contributed by atoms with van der Waals surface area (Å²) in [6, 6.07) is 8.19. The molecule has 90 valence electrons. The van der Waals surface area contributed by atoms with Gasteiger partial charge in [-0.25, -0.2) is 0 Å². The fraction of sp³-hybridized carbons (Fsp3) is 0.417. The normalized spacial score (nSPS) is 26.6. The predicted octanol–water partition coefficient (Wildman–Crippen LogP) is 2.06. The number of ether oxygens (including phenoxy) is 1. The van der Waals surface area contributed by atoms with Crippen molar-refractivity contribution in [1.82, 2.24) is 0 Å². The number of halogens is 2. The molecule has 0 aliphatic heterocycles. The van der Waals surface area contributed by atoms with Crippen molar-refractivity contribution in [3.63, 3.8) is 0 Å². The van der Waals surface area contributed by atoms with Crippen LogP contribution in [-0.4, -0.2) is 18.3 Å². The average molecular weight is 239 g/mol. The van der Waals surface area contributed by atoms with Gasteiger partial charge in [-0.2, -0.15) is 14.0 Å². The van der Waals surface area contributed by atoms with Crippen molar-refractivity contribution >= 4 is 0 Å². The summed E-state index contributed by atoms with van der Waals surface area (Å²) in [6.07, 6.45) is 0.606. The van der Waals surface area contributed by atoms with Crippen LogP contribution in [0.1, 0.15) is 12.0 Å². The van der Waals surface area contributed by atoms with Crippen LogP contribution in [0.2, 0.25) is 0 Å². The first-order chi connectivity index (χ1) is 8.12. The minimum atomic E-state index is -2.85. The minimum Gasteiger partial charge on any atom is -0.435 e. The van der Waals surface area contributed by atoms with Crippen LogP contribution in [0.5, 0.6) is 5.75 Å². The Bertz CT molecular complexity index is 441. The zero-order valence-corrected chi connectivity index (χ0v) is 8.94. The average Bonchev–Trinajstić information content (AvgIpc) is 3.04. The number of aliphatic hydroxyl groups is 1. The highest BCUT2D eigenvalue weighted by molar-refractivity contribution is 5.43. The number of hydrogen-bond acceptors (Lipinski definition) is 3. The van der Waals surface area contributed by atoms with Crippen molar-refractivity contribution in [2.45, 2.75) is 18.4 Å². The Kier molecular flexibility index (Phi) is 2.99. The second kappa shape index (κ2) is 4.30. The Morgan fingerprint density at radius 1 is 1.47 bits per heavy atom. The monoisotopic (exact) mass is 239 g/mol. The van der Waals surface area contributed by atoms with E-state index in [2.05, 4.69) is 10.8 Å². The van der Waals surface area contributed by atoms with Gasteiger partial charge >= 0.3 is 6.61 Å². The van der Waals surface area contributed by atoms with E-state index in [9.17, 15) is 8.78 Å². The van der Waals surface area contributed by atoms with Crippen molar-refractivity contribution in [2.75, 3.05) is 6.61 Å². The predicted molar refractivity (Wildman–Crippen MR) is 55.6 cm³/mol. The number of nitrogens with zero attached hydrogens (tertiary/aromatic N) is 1. The molecule has 1 saturated carbocycles. The van der Waals surface area contributed by atoms with Crippen molar-refractivity contribution in [3.8, 4) is 11.8 Å². The first kappa shape index (κ1) is 11.8. The lowest BCUT2D eigenvalue weighted by molar-refractivity contribution is -0.0498. The largest absolute Gasteiger partial charge is 0.435 e. The number of rotatable bonds is 4. The lowest BCUT2D eigenvalue weighted by atomic mass is 9.95. The van der Waals surface area contributed by atoms with Gasteiger partial charge in [0, 0.05) is 12.5 Å². The Labute approximate surface area is 97.2 Å². The lowest BCUT2D eigenvalue weighted by Crippen LogP contribution is -2.09. The van der Waals surface area contributed by atoms with E-state index in [1.807, 2.05) is 0 Å². The van der Waals surface area contributed by atoms with E-state index in [0.717, 1.165) is 5.56 Å². The van der Waals surface area contributed by atoms with Crippen LogP contribution in [0.15, 0.2) is 24.3 Å². The molecular weight excluding hydrogens is 228 g/mol. The van der Waals surface area contributed by atoms with Crippen LogP contribution in [0.4, 0.5) is 8.78 Å². The summed E-state index contributed by atoms with van der Waals surface area (Å²) in [5.41, 5.74) is 0.0821. The maximum atomic E-state index is 11.9. The minimum absolute atomic E-state index is 0.0388. The highest BCUT2D eigenvalue weighted by atomic mass is 19.3. The van der Waals surface area contributed by atoms with Crippen molar-refractivity contribution in [1.29, 1.82) is 5.26 Å².